The number of carbonyl (C=O) groups excluding carboxylic acids is 1. The lowest BCUT2D eigenvalue weighted by atomic mass is 9.76. The van der Waals surface area contributed by atoms with E-state index in [0.29, 0.717) is 6.54 Å². The van der Waals surface area contributed by atoms with Crippen molar-refractivity contribution >= 4 is 11.7 Å². The molecule has 2 aliphatic heterocycles. The average Bonchev–Trinajstić information content (AvgIpc) is 3.70. The number of ketones is 1. The summed E-state index contributed by atoms with van der Waals surface area (Å²) in [5, 5.41) is 78.6. The Bertz CT molecular complexity index is 1170. The summed E-state index contributed by atoms with van der Waals surface area (Å²) in [7, 11) is 0. The van der Waals surface area contributed by atoms with Crippen LogP contribution in [0.4, 0.5) is 0 Å². The van der Waals surface area contributed by atoms with Crippen LogP contribution in [0.15, 0.2) is 4.99 Å². The van der Waals surface area contributed by atoms with Gasteiger partial charge in [-0.2, -0.15) is 0 Å². The van der Waals surface area contributed by atoms with Crippen LogP contribution in [0.2, 0.25) is 0 Å². The van der Waals surface area contributed by atoms with Crippen LogP contribution in [0.5, 0.6) is 0 Å². The number of rotatable bonds is 13. The third-order valence-electron chi connectivity index (χ3n) is 10.6. The Hall–Kier alpha value is -1.70. The van der Waals surface area contributed by atoms with Crippen LogP contribution in [0.3, 0.4) is 0 Å². The van der Waals surface area contributed by atoms with E-state index in [9.17, 15) is 40.5 Å². The van der Waals surface area contributed by atoms with E-state index in [1.54, 1.807) is 0 Å². The minimum atomic E-state index is -1.85. The average molecular weight is 707 g/mol. The fourth-order valence-electron chi connectivity index (χ4n) is 7.45. The maximum absolute atomic E-state index is 13.4. The van der Waals surface area contributed by atoms with Gasteiger partial charge in [0.2, 0.25) is 0 Å². The molecule has 0 aromatic rings. The van der Waals surface area contributed by atoms with Crippen molar-refractivity contribution in [3.63, 3.8) is 0 Å². The first kappa shape index (κ1) is 38.5. The van der Waals surface area contributed by atoms with Gasteiger partial charge in [-0.25, -0.2) is 4.99 Å². The molecule has 0 amide bonds. The Balaban J connectivity index is 1.37. The zero-order chi connectivity index (χ0) is 35.9. The number of guanidine groups is 1. The van der Waals surface area contributed by atoms with Crippen molar-refractivity contribution < 1.29 is 59.5 Å². The second-order valence-electron chi connectivity index (χ2n) is 14.3. The highest BCUT2D eigenvalue weighted by molar-refractivity contribution is 5.92. The van der Waals surface area contributed by atoms with Gasteiger partial charge in [0.25, 0.3) is 0 Å². The van der Waals surface area contributed by atoms with Crippen LogP contribution in [0, 0.1) is 11.8 Å². The predicted octanol–water partition coefficient (Wildman–Crippen LogP) is -7.93. The Morgan fingerprint density at radius 2 is 1.53 bits per heavy atom. The maximum atomic E-state index is 13.4. The fraction of sp³-hybridized carbons (Fsp3) is 0.931. The summed E-state index contributed by atoms with van der Waals surface area (Å²) in [5.41, 5.74) is 33.3. The molecule has 5 rings (SSSR count). The molecule has 5 fully saturated rings. The highest BCUT2D eigenvalue weighted by atomic mass is 16.7. The first-order valence-electron chi connectivity index (χ1n) is 16.8. The summed E-state index contributed by atoms with van der Waals surface area (Å²) < 4.78 is 23.9. The molecular formula is C29H54N8O12. The molecule has 5 aliphatic rings. The second kappa shape index (κ2) is 15.5. The molecule has 282 valence electrons. The lowest BCUT2D eigenvalue weighted by Crippen LogP contribution is -2.68. The molecule has 0 spiro atoms. The number of hydrogen-bond donors (Lipinski definition) is 14. The number of nitrogens with two attached hydrogens (primary N) is 6. The van der Waals surface area contributed by atoms with E-state index >= 15 is 0 Å². The van der Waals surface area contributed by atoms with Crippen molar-refractivity contribution in [3.8, 4) is 0 Å². The van der Waals surface area contributed by atoms with E-state index in [1.165, 1.54) is 0 Å². The standard InChI is InChI=1S/C29H54N8O12/c30-6-13-20(41)22(43)18(36-7-9-1-11(31)2-9)26(46-13)49-25-12(32)3-10(4-16(39)29(45)5-15(29)37-28(34)35)24(23(25)44)48-27-21(42)17(33)19(40)14(8-38)47-27/h9-15,17-27,36,38,40-45H,1-8,30-33H2,(H4,34,35,37)/t9?,10-,11?,12-,13+,14+,15?,17-,18+,19+,20+,21+,22+,23+,24-,25?,26+,27+,29?/m0/s1. The summed E-state index contributed by atoms with van der Waals surface area (Å²) >= 11 is 0. The molecule has 0 aromatic carbocycles. The van der Waals surface area contributed by atoms with Gasteiger partial charge >= 0.3 is 0 Å². The Morgan fingerprint density at radius 1 is 0.878 bits per heavy atom. The van der Waals surface area contributed by atoms with Gasteiger partial charge in [0.15, 0.2) is 24.3 Å². The largest absolute Gasteiger partial charge is 0.394 e. The summed E-state index contributed by atoms with van der Waals surface area (Å²) in [5.74, 6) is -1.59. The Morgan fingerprint density at radius 3 is 2.14 bits per heavy atom. The third kappa shape index (κ3) is 8.04. The molecule has 2 heterocycles. The first-order valence-corrected chi connectivity index (χ1v) is 16.8. The van der Waals surface area contributed by atoms with Gasteiger partial charge in [-0.05, 0) is 37.6 Å². The fourth-order valence-corrected chi connectivity index (χ4v) is 7.45. The van der Waals surface area contributed by atoms with E-state index in [0.717, 1.165) is 12.8 Å². The Kier molecular flexibility index (Phi) is 12.2. The number of nitrogens with zero attached hydrogens (tertiary/aromatic N) is 1. The molecule has 20 N–H and O–H groups in total. The van der Waals surface area contributed by atoms with E-state index in [1.807, 2.05) is 0 Å². The number of carbonyl (C=O) groups is 1. The van der Waals surface area contributed by atoms with Crippen molar-refractivity contribution in [2.45, 2.75) is 135 Å². The topological polar surface area (TPSA) is 376 Å². The quantitative estimate of drug-likeness (QED) is 0.0624. The smallest absolute Gasteiger partial charge is 0.186 e. The van der Waals surface area contributed by atoms with Crippen LogP contribution >= 0.6 is 0 Å². The van der Waals surface area contributed by atoms with Crippen molar-refractivity contribution in [3.05, 3.63) is 0 Å². The van der Waals surface area contributed by atoms with Crippen LogP contribution in [-0.2, 0) is 23.7 Å². The summed E-state index contributed by atoms with van der Waals surface area (Å²) in [6.45, 7) is -0.383. The molecule has 3 saturated carbocycles. The molecule has 20 nitrogen and oxygen atoms in total. The minimum absolute atomic E-state index is 0.0155. The number of nitrogens with one attached hydrogen (secondary N) is 1. The molecule has 17 atom stereocenters. The van der Waals surface area contributed by atoms with Crippen molar-refractivity contribution in [1.29, 1.82) is 0 Å². The zero-order valence-electron chi connectivity index (χ0n) is 27.1. The molecule has 3 aliphatic carbocycles. The first-order chi connectivity index (χ1) is 23.1. The van der Waals surface area contributed by atoms with E-state index < -0.39 is 116 Å². The summed E-state index contributed by atoms with van der Waals surface area (Å²) in [6.07, 6.45) is -14.0. The third-order valence-corrected chi connectivity index (χ3v) is 10.6. The lowest BCUT2D eigenvalue weighted by molar-refractivity contribution is -0.324. The Labute approximate surface area is 283 Å². The van der Waals surface area contributed by atoms with Gasteiger partial charge in [-0.1, -0.05) is 0 Å². The SMILES string of the molecule is NC[C@H]1O[C@H](OC2[C@@H](N)C[C@@H](CC(=O)C3(O)CC3N=C(N)N)[C@H](O[C@H]3O[C@H](CO)[C@@H](O)[C@H](N)[C@H]3O)[C@H]2O)[C@H](NCC2CC(N)C2)[C@@H](O)[C@@H]1O. The van der Waals surface area contributed by atoms with Crippen LogP contribution in [0.1, 0.15) is 32.1 Å². The van der Waals surface area contributed by atoms with Gasteiger partial charge in [0, 0.05) is 31.5 Å². The molecule has 49 heavy (non-hydrogen) atoms. The zero-order valence-corrected chi connectivity index (χ0v) is 27.1. The molecule has 0 aromatic heterocycles. The van der Waals surface area contributed by atoms with Gasteiger partial charge in [0.1, 0.15) is 54.4 Å². The monoisotopic (exact) mass is 706 g/mol. The maximum Gasteiger partial charge on any atom is 0.186 e. The van der Waals surface area contributed by atoms with Crippen LogP contribution in [-0.4, -0.2) is 171 Å². The number of hydrogen-bond acceptors (Lipinski definition) is 18. The highest BCUT2D eigenvalue weighted by Crippen LogP contribution is 2.44. The van der Waals surface area contributed by atoms with E-state index in [2.05, 4.69) is 10.3 Å². The number of ether oxygens (including phenoxy) is 4. The predicted molar refractivity (Wildman–Crippen MR) is 169 cm³/mol. The minimum Gasteiger partial charge on any atom is -0.394 e. The molecule has 2 saturated heterocycles. The van der Waals surface area contributed by atoms with Gasteiger partial charge < -0.3 is 94.4 Å². The normalized spacial score (nSPS) is 49.9. The van der Waals surface area contributed by atoms with E-state index in [-0.39, 0.29) is 43.7 Å². The number of aliphatic imine (C=N–C) groups is 1. The summed E-state index contributed by atoms with van der Waals surface area (Å²) in [4.78, 5) is 17.3. The van der Waals surface area contributed by atoms with Crippen LogP contribution < -0.4 is 39.7 Å². The number of aliphatic hydroxyl groups is 7. The second-order valence-corrected chi connectivity index (χ2v) is 14.3. The van der Waals surface area contributed by atoms with Crippen molar-refractivity contribution in [1.82, 2.24) is 5.32 Å². The van der Waals surface area contributed by atoms with Crippen molar-refractivity contribution in [2.75, 3.05) is 19.7 Å². The molecule has 0 radical (unpaired) electrons. The molecule has 20 heteroatoms. The lowest BCUT2D eigenvalue weighted by Gasteiger charge is -2.49. The number of Topliss-reactive ketones (excluding diaryl/α,β-unsaturated/α-hetero) is 1. The number of aliphatic hydroxyl groups excluding tert-OH is 6. The van der Waals surface area contributed by atoms with Gasteiger partial charge in [0.05, 0.1) is 30.8 Å². The van der Waals surface area contributed by atoms with Gasteiger partial charge in [-0.3, -0.25) is 4.79 Å². The molecule has 0 bridgehead atoms. The van der Waals surface area contributed by atoms with Crippen molar-refractivity contribution in [2.24, 2.45) is 51.2 Å². The van der Waals surface area contributed by atoms with E-state index in [4.69, 9.17) is 53.3 Å². The highest BCUT2D eigenvalue weighted by Gasteiger charge is 2.60. The van der Waals surface area contributed by atoms with Crippen LogP contribution in [0.25, 0.3) is 0 Å². The summed E-state index contributed by atoms with van der Waals surface area (Å²) in [6, 6.07) is -4.00. The molecular weight excluding hydrogens is 652 g/mol. The van der Waals surface area contributed by atoms with Gasteiger partial charge in [-0.15, -0.1) is 0 Å². The molecule has 3 unspecified atom stereocenters.